The van der Waals surface area contributed by atoms with Crippen molar-refractivity contribution in [2.24, 2.45) is 0 Å². The van der Waals surface area contributed by atoms with Gasteiger partial charge in [-0.25, -0.2) is 4.79 Å². The van der Waals surface area contributed by atoms with E-state index < -0.39 is 17.7 Å². The first kappa shape index (κ1) is 17.7. The second kappa shape index (κ2) is 7.29. The van der Waals surface area contributed by atoms with E-state index in [9.17, 15) is 9.59 Å². The summed E-state index contributed by atoms with van der Waals surface area (Å²) in [5, 5.41) is 1.68. The van der Waals surface area contributed by atoms with Gasteiger partial charge in [-0.3, -0.25) is 14.7 Å². The molecule has 0 spiro atoms. The summed E-state index contributed by atoms with van der Waals surface area (Å²) in [6, 6.07) is 7.34. The summed E-state index contributed by atoms with van der Waals surface area (Å²) in [5.41, 5.74) is -0.116. The molecule has 0 bridgehead atoms. The Balaban J connectivity index is 2.44. The Bertz CT molecular complexity index is 732. The van der Waals surface area contributed by atoms with Crippen LogP contribution in [0.3, 0.4) is 0 Å². The number of ether oxygens (including phenoxy) is 2. The van der Waals surface area contributed by atoms with E-state index in [2.05, 4.69) is 4.98 Å². The second-order valence-electron chi connectivity index (χ2n) is 6.25. The zero-order chi connectivity index (χ0) is 17.7. The summed E-state index contributed by atoms with van der Waals surface area (Å²) in [5.74, 6) is -0.496. The normalized spacial score (nSPS) is 11.2. The number of anilines is 1. The third-order valence-corrected chi connectivity index (χ3v) is 3.16. The van der Waals surface area contributed by atoms with Gasteiger partial charge in [0.05, 0.1) is 12.3 Å². The summed E-state index contributed by atoms with van der Waals surface area (Å²) in [6.07, 6.45) is 2.73. The van der Waals surface area contributed by atoms with E-state index in [-0.39, 0.29) is 13.2 Å². The first-order valence-corrected chi connectivity index (χ1v) is 7.80. The molecule has 0 aliphatic carbocycles. The summed E-state index contributed by atoms with van der Waals surface area (Å²) in [6.45, 7) is 7.07. The molecule has 0 aliphatic heterocycles. The van der Waals surface area contributed by atoms with Crippen molar-refractivity contribution in [3.8, 4) is 0 Å². The van der Waals surface area contributed by atoms with Gasteiger partial charge in [0.25, 0.3) is 0 Å². The fourth-order valence-corrected chi connectivity index (χ4v) is 2.23. The molecule has 1 aromatic heterocycles. The van der Waals surface area contributed by atoms with Crippen LogP contribution in [0.5, 0.6) is 0 Å². The number of nitrogens with zero attached hydrogens (tertiary/aromatic N) is 2. The van der Waals surface area contributed by atoms with Crippen molar-refractivity contribution in [3.63, 3.8) is 0 Å². The number of esters is 1. The highest BCUT2D eigenvalue weighted by molar-refractivity contribution is 6.03. The zero-order valence-corrected chi connectivity index (χ0v) is 14.4. The minimum absolute atomic E-state index is 0.225. The molecule has 1 heterocycles. The average molecular weight is 330 g/mol. The van der Waals surface area contributed by atoms with E-state index in [4.69, 9.17) is 9.47 Å². The van der Waals surface area contributed by atoms with Crippen molar-refractivity contribution in [2.75, 3.05) is 18.1 Å². The number of carbonyl (C=O) groups excluding carboxylic acids is 2. The summed E-state index contributed by atoms with van der Waals surface area (Å²) in [7, 11) is 0. The van der Waals surface area contributed by atoms with Crippen LogP contribution in [-0.2, 0) is 14.3 Å². The highest BCUT2D eigenvalue weighted by Gasteiger charge is 2.27. The molecule has 2 rings (SSSR count). The van der Waals surface area contributed by atoms with E-state index in [1.165, 1.54) is 4.90 Å². The Morgan fingerprint density at radius 2 is 1.96 bits per heavy atom. The number of carbonyl (C=O) groups is 2. The molecule has 0 saturated heterocycles. The predicted octanol–water partition coefficient (Wildman–Crippen LogP) is 3.54. The van der Waals surface area contributed by atoms with Crippen molar-refractivity contribution >= 4 is 28.5 Å². The van der Waals surface area contributed by atoms with Gasteiger partial charge < -0.3 is 9.47 Å². The van der Waals surface area contributed by atoms with Gasteiger partial charge in [0.2, 0.25) is 0 Å². The quantitative estimate of drug-likeness (QED) is 0.802. The van der Waals surface area contributed by atoms with Crippen LogP contribution < -0.4 is 4.90 Å². The number of hydrogen-bond donors (Lipinski definition) is 0. The summed E-state index contributed by atoms with van der Waals surface area (Å²) >= 11 is 0. The number of amides is 1. The fourth-order valence-electron chi connectivity index (χ4n) is 2.23. The van der Waals surface area contributed by atoms with Gasteiger partial charge in [0, 0.05) is 17.8 Å². The molecule has 2 aromatic rings. The van der Waals surface area contributed by atoms with Crippen LogP contribution in [0.25, 0.3) is 10.8 Å². The summed E-state index contributed by atoms with van der Waals surface area (Å²) < 4.78 is 10.4. The van der Waals surface area contributed by atoms with Crippen molar-refractivity contribution in [1.82, 2.24) is 4.98 Å². The minimum Gasteiger partial charge on any atom is -0.465 e. The number of aromatic nitrogens is 1. The van der Waals surface area contributed by atoms with Crippen LogP contribution in [0.4, 0.5) is 10.5 Å². The van der Waals surface area contributed by atoms with Gasteiger partial charge >= 0.3 is 12.1 Å². The van der Waals surface area contributed by atoms with Crippen LogP contribution in [0.1, 0.15) is 27.7 Å². The monoisotopic (exact) mass is 330 g/mol. The zero-order valence-electron chi connectivity index (χ0n) is 14.4. The van der Waals surface area contributed by atoms with Crippen LogP contribution in [0.15, 0.2) is 36.7 Å². The maximum absolute atomic E-state index is 12.6. The standard InChI is InChI=1S/C18H22N2O4/c1-5-23-16(21)12-20(17(22)24-18(2,3)4)15-8-6-7-13-9-10-19-11-14(13)15/h6-11H,5,12H2,1-4H3. The van der Waals surface area contributed by atoms with E-state index in [0.29, 0.717) is 5.69 Å². The number of hydrogen-bond acceptors (Lipinski definition) is 5. The van der Waals surface area contributed by atoms with Gasteiger partial charge in [-0.05, 0) is 45.2 Å². The molecule has 1 amide bonds. The first-order valence-electron chi connectivity index (χ1n) is 7.80. The van der Waals surface area contributed by atoms with Crippen LogP contribution in [-0.4, -0.2) is 35.8 Å². The Hall–Kier alpha value is -2.63. The maximum Gasteiger partial charge on any atom is 0.415 e. The Kier molecular flexibility index (Phi) is 5.39. The Labute approximate surface area is 141 Å². The molecule has 0 aliphatic rings. The van der Waals surface area contributed by atoms with Crippen molar-refractivity contribution in [1.29, 1.82) is 0 Å². The lowest BCUT2D eigenvalue weighted by molar-refractivity contribution is -0.141. The van der Waals surface area contributed by atoms with Gasteiger partial charge in [0.15, 0.2) is 0 Å². The molecular weight excluding hydrogens is 308 g/mol. The fraction of sp³-hybridized carbons (Fsp3) is 0.389. The van der Waals surface area contributed by atoms with Crippen LogP contribution in [0, 0.1) is 0 Å². The Morgan fingerprint density at radius 1 is 1.21 bits per heavy atom. The van der Waals surface area contributed by atoms with Gasteiger partial charge in [-0.2, -0.15) is 0 Å². The van der Waals surface area contributed by atoms with E-state index >= 15 is 0 Å². The van der Waals surface area contributed by atoms with Crippen molar-refractivity contribution < 1.29 is 19.1 Å². The lowest BCUT2D eigenvalue weighted by atomic mass is 10.1. The highest BCUT2D eigenvalue weighted by Crippen LogP contribution is 2.27. The number of fused-ring (bicyclic) bond motifs is 1. The third kappa shape index (κ3) is 4.44. The Morgan fingerprint density at radius 3 is 2.62 bits per heavy atom. The van der Waals surface area contributed by atoms with Crippen molar-refractivity contribution in [2.45, 2.75) is 33.3 Å². The minimum atomic E-state index is -0.674. The van der Waals surface area contributed by atoms with Gasteiger partial charge in [-0.1, -0.05) is 12.1 Å². The molecule has 0 N–H and O–H groups in total. The largest absolute Gasteiger partial charge is 0.465 e. The number of pyridine rings is 1. The molecule has 0 unspecified atom stereocenters. The molecule has 0 saturated carbocycles. The van der Waals surface area contributed by atoms with Crippen LogP contribution in [0.2, 0.25) is 0 Å². The van der Waals surface area contributed by atoms with E-state index in [1.54, 1.807) is 46.2 Å². The molecule has 128 valence electrons. The van der Waals surface area contributed by atoms with Crippen molar-refractivity contribution in [3.05, 3.63) is 36.7 Å². The van der Waals surface area contributed by atoms with Crippen LogP contribution >= 0.6 is 0 Å². The topological polar surface area (TPSA) is 68.7 Å². The predicted molar refractivity (Wildman–Crippen MR) is 92.0 cm³/mol. The second-order valence-corrected chi connectivity index (χ2v) is 6.25. The molecule has 6 heteroatoms. The molecule has 0 atom stereocenters. The lowest BCUT2D eigenvalue weighted by Crippen LogP contribution is -2.40. The van der Waals surface area contributed by atoms with Gasteiger partial charge in [0.1, 0.15) is 12.1 Å². The van der Waals surface area contributed by atoms with E-state index in [1.807, 2.05) is 18.2 Å². The van der Waals surface area contributed by atoms with Gasteiger partial charge in [-0.15, -0.1) is 0 Å². The highest BCUT2D eigenvalue weighted by atomic mass is 16.6. The maximum atomic E-state index is 12.6. The average Bonchev–Trinajstić information content (AvgIpc) is 2.51. The lowest BCUT2D eigenvalue weighted by Gasteiger charge is -2.27. The first-order chi connectivity index (χ1) is 11.3. The number of benzene rings is 1. The molecule has 1 aromatic carbocycles. The molecule has 0 radical (unpaired) electrons. The third-order valence-electron chi connectivity index (χ3n) is 3.16. The molecule has 6 nitrogen and oxygen atoms in total. The van der Waals surface area contributed by atoms with E-state index in [0.717, 1.165) is 10.8 Å². The summed E-state index contributed by atoms with van der Waals surface area (Å²) in [4.78, 5) is 30.0. The smallest absolute Gasteiger partial charge is 0.415 e. The molecular formula is C18H22N2O4. The molecule has 0 fully saturated rings. The molecule has 24 heavy (non-hydrogen) atoms. The number of rotatable bonds is 4. The SMILES string of the molecule is CCOC(=O)CN(C(=O)OC(C)(C)C)c1cccc2ccncc12.